The normalized spacial score (nSPS) is 9.00. The Kier molecular flexibility index (Phi) is 7.10. The first kappa shape index (κ1) is 12.0. The molecule has 0 aromatic carbocycles. The summed E-state index contributed by atoms with van der Waals surface area (Å²) in [6.45, 7) is 2.80. The first-order chi connectivity index (χ1) is 6.20. The van der Waals surface area contributed by atoms with E-state index in [1.807, 2.05) is 0 Å². The van der Waals surface area contributed by atoms with Crippen LogP contribution in [0.5, 0.6) is 0 Å². The second-order valence-corrected chi connectivity index (χ2v) is 2.78. The smallest absolute Gasteiger partial charge is 0.305 e. The fourth-order valence-electron chi connectivity index (χ4n) is 0.729. The van der Waals surface area contributed by atoms with E-state index in [-0.39, 0.29) is 5.97 Å². The van der Waals surface area contributed by atoms with Crippen molar-refractivity contribution in [2.45, 2.75) is 19.8 Å². The van der Waals surface area contributed by atoms with Crippen LogP contribution in [0.1, 0.15) is 19.8 Å². The lowest BCUT2D eigenvalue weighted by atomic mass is 10.3. The Labute approximate surface area is 83.2 Å². The molecule has 0 bridgehead atoms. The second kappa shape index (κ2) is 7.67. The van der Waals surface area contributed by atoms with Crippen molar-refractivity contribution in [3.63, 3.8) is 0 Å². The number of carbonyl (C=O) groups excluding carboxylic acids is 1. The van der Waals surface area contributed by atoms with Gasteiger partial charge in [-0.15, -0.1) is 0 Å². The summed E-state index contributed by atoms with van der Waals surface area (Å²) in [7, 11) is 0. The Morgan fingerprint density at radius 3 is 2.92 bits per heavy atom. The minimum absolute atomic E-state index is 0.190. The summed E-state index contributed by atoms with van der Waals surface area (Å²) in [4.78, 5) is 11.2. The molecule has 0 atom stereocenters. The molecule has 0 aliphatic carbocycles. The van der Waals surface area contributed by atoms with Crippen LogP contribution in [-0.4, -0.2) is 30.3 Å². The third-order valence-corrected chi connectivity index (χ3v) is 1.56. The van der Waals surface area contributed by atoms with Gasteiger partial charge < -0.3 is 15.5 Å². The van der Waals surface area contributed by atoms with Crippen molar-refractivity contribution in [1.82, 2.24) is 5.32 Å². The van der Waals surface area contributed by atoms with Gasteiger partial charge in [-0.1, -0.05) is 12.2 Å². The van der Waals surface area contributed by atoms with Crippen LogP contribution in [0.4, 0.5) is 0 Å². The van der Waals surface area contributed by atoms with Crippen LogP contribution in [0, 0.1) is 5.41 Å². The summed E-state index contributed by atoms with van der Waals surface area (Å²) in [5.74, 6) is -0.190. The molecule has 4 nitrogen and oxygen atoms in total. The molecule has 0 saturated heterocycles. The third kappa shape index (κ3) is 7.39. The van der Waals surface area contributed by atoms with Gasteiger partial charge in [0.1, 0.15) is 4.99 Å². The van der Waals surface area contributed by atoms with Crippen molar-refractivity contribution in [1.29, 1.82) is 5.41 Å². The van der Waals surface area contributed by atoms with Gasteiger partial charge in [0.25, 0.3) is 0 Å². The van der Waals surface area contributed by atoms with Gasteiger partial charge in [0.15, 0.2) is 0 Å². The maximum Gasteiger partial charge on any atom is 0.305 e. The molecule has 0 saturated carbocycles. The number of esters is 1. The molecule has 13 heavy (non-hydrogen) atoms. The molecule has 0 amide bonds. The predicted molar refractivity (Wildman–Crippen MR) is 55.3 cm³/mol. The Hall–Kier alpha value is -0.970. The van der Waals surface area contributed by atoms with Crippen molar-refractivity contribution in [2.24, 2.45) is 0 Å². The van der Waals surface area contributed by atoms with E-state index in [1.165, 1.54) is 0 Å². The lowest BCUT2D eigenvalue weighted by Gasteiger charge is -2.03. The zero-order chi connectivity index (χ0) is 10.1. The first-order valence-corrected chi connectivity index (χ1v) is 4.55. The molecule has 0 aromatic rings. The highest BCUT2D eigenvalue weighted by Gasteiger charge is 2.00. The summed E-state index contributed by atoms with van der Waals surface area (Å²) in [5.41, 5.74) is 0. The molecule has 0 aromatic heterocycles. The highest BCUT2D eigenvalue weighted by Crippen LogP contribution is 1.90. The van der Waals surface area contributed by atoms with Gasteiger partial charge in [0, 0.05) is 13.0 Å². The molecule has 0 heterocycles. The number of thiocarbonyl (C=S) groups is 1. The quantitative estimate of drug-likeness (QED) is 0.291. The average molecular weight is 202 g/mol. The van der Waals surface area contributed by atoms with Crippen molar-refractivity contribution in [2.75, 3.05) is 13.2 Å². The lowest BCUT2D eigenvalue weighted by Crippen LogP contribution is -2.23. The van der Waals surface area contributed by atoms with Gasteiger partial charge in [-0.2, -0.15) is 0 Å². The van der Waals surface area contributed by atoms with E-state index in [9.17, 15) is 4.79 Å². The summed E-state index contributed by atoms with van der Waals surface area (Å²) < 4.78 is 4.73. The highest BCUT2D eigenvalue weighted by atomic mass is 32.1. The summed E-state index contributed by atoms with van der Waals surface area (Å²) in [5, 5.41) is 9.58. The first-order valence-electron chi connectivity index (χ1n) is 4.14. The van der Waals surface area contributed by atoms with E-state index in [2.05, 4.69) is 5.32 Å². The van der Waals surface area contributed by atoms with E-state index in [4.69, 9.17) is 22.4 Å². The Bertz CT molecular complexity index is 195. The number of hydrogen-bond acceptors (Lipinski definition) is 4. The summed E-state index contributed by atoms with van der Waals surface area (Å²) in [6.07, 6.45) is 2.13. The molecule has 0 rings (SSSR count). The van der Waals surface area contributed by atoms with E-state index in [0.29, 0.717) is 31.0 Å². The Morgan fingerprint density at radius 1 is 1.69 bits per heavy atom. The molecule has 0 fully saturated rings. The standard InChI is InChI=1S/C8H14N2O2S/c1-2-12-8(11)4-3-5-10-7(13)6-9/h6,9H,2-5H2,1H3,(H,10,13). The van der Waals surface area contributed by atoms with E-state index in [0.717, 1.165) is 6.21 Å². The molecule has 2 N–H and O–H groups in total. The Balaban J connectivity index is 3.30. The maximum atomic E-state index is 10.8. The predicted octanol–water partition coefficient (Wildman–Crippen LogP) is 0.896. The fraction of sp³-hybridized carbons (Fsp3) is 0.625. The molecule has 5 heteroatoms. The summed E-state index contributed by atoms with van der Waals surface area (Å²) in [6, 6.07) is 0. The van der Waals surface area contributed by atoms with Crippen LogP contribution in [-0.2, 0) is 9.53 Å². The molecule has 74 valence electrons. The second-order valence-electron chi connectivity index (χ2n) is 2.34. The van der Waals surface area contributed by atoms with Crippen molar-refractivity contribution in [3.05, 3.63) is 0 Å². The largest absolute Gasteiger partial charge is 0.466 e. The SMILES string of the molecule is CCOC(=O)CCCNC(=S)C=N. The third-order valence-electron chi connectivity index (χ3n) is 1.29. The van der Waals surface area contributed by atoms with Gasteiger partial charge in [-0.25, -0.2) is 0 Å². The number of nitrogens with one attached hydrogen (secondary N) is 2. The fourth-order valence-corrected chi connectivity index (χ4v) is 0.831. The van der Waals surface area contributed by atoms with Crippen LogP contribution in [0.3, 0.4) is 0 Å². The van der Waals surface area contributed by atoms with Gasteiger partial charge in [-0.05, 0) is 13.3 Å². The Morgan fingerprint density at radius 2 is 2.38 bits per heavy atom. The topological polar surface area (TPSA) is 62.2 Å². The average Bonchev–Trinajstić information content (AvgIpc) is 2.12. The summed E-state index contributed by atoms with van der Waals surface area (Å²) >= 11 is 4.72. The lowest BCUT2D eigenvalue weighted by molar-refractivity contribution is -0.143. The van der Waals surface area contributed by atoms with Gasteiger partial charge in [0.05, 0.1) is 12.8 Å². The van der Waals surface area contributed by atoms with Crippen molar-refractivity contribution < 1.29 is 9.53 Å². The number of hydrogen-bond donors (Lipinski definition) is 2. The molecular formula is C8H14N2O2S. The van der Waals surface area contributed by atoms with Crippen molar-refractivity contribution in [3.8, 4) is 0 Å². The molecule has 0 radical (unpaired) electrons. The zero-order valence-corrected chi connectivity index (χ0v) is 8.45. The van der Waals surface area contributed by atoms with Gasteiger partial charge in [0.2, 0.25) is 0 Å². The van der Waals surface area contributed by atoms with Gasteiger partial charge in [-0.3, -0.25) is 4.79 Å². The van der Waals surface area contributed by atoms with E-state index < -0.39 is 0 Å². The molecule has 0 aliphatic heterocycles. The van der Waals surface area contributed by atoms with E-state index in [1.54, 1.807) is 6.92 Å². The minimum atomic E-state index is -0.190. The highest BCUT2D eigenvalue weighted by molar-refractivity contribution is 7.81. The molecule has 0 spiro atoms. The van der Waals surface area contributed by atoms with Crippen LogP contribution in [0.2, 0.25) is 0 Å². The maximum absolute atomic E-state index is 10.8. The van der Waals surface area contributed by atoms with E-state index >= 15 is 0 Å². The van der Waals surface area contributed by atoms with Crippen LogP contribution in [0.15, 0.2) is 0 Å². The molecule has 0 unspecified atom stereocenters. The van der Waals surface area contributed by atoms with Crippen LogP contribution in [0.25, 0.3) is 0 Å². The van der Waals surface area contributed by atoms with Crippen LogP contribution < -0.4 is 5.32 Å². The zero-order valence-electron chi connectivity index (χ0n) is 7.63. The molecule has 0 aliphatic rings. The van der Waals surface area contributed by atoms with Gasteiger partial charge >= 0.3 is 5.97 Å². The van der Waals surface area contributed by atoms with Crippen molar-refractivity contribution >= 4 is 29.4 Å². The molecular weight excluding hydrogens is 188 g/mol. The number of rotatable bonds is 6. The number of carbonyl (C=O) groups is 1. The monoisotopic (exact) mass is 202 g/mol. The minimum Gasteiger partial charge on any atom is -0.466 e. The number of ether oxygens (including phenoxy) is 1. The van der Waals surface area contributed by atoms with Crippen LogP contribution >= 0.6 is 12.2 Å².